The number of amides is 2. The zero-order valence-electron chi connectivity index (χ0n) is 18.6. The minimum absolute atomic E-state index is 0.0538. The molecule has 7 nitrogen and oxygen atoms in total. The van der Waals surface area contributed by atoms with E-state index in [2.05, 4.69) is 10.6 Å². The fourth-order valence-corrected chi connectivity index (χ4v) is 4.64. The maximum Gasteiger partial charge on any atom is 0.407 e. The second kappa shape index (κ2) is 9.40. The summed E-state index contributed by atoms with van der Waals surface area (Å²) in [6.45, 7) is 1.30. The fourth-order valence-electron chi connectivity index (χ4n) is 4.64. The van der Waals surface area contributed by atoms with E-state index in [9.17, 15) is 23.2 Å². The third-order valence-electron chi connectivity index (χ3n) is 6.55. The molecule has 3 atom stereocenters. The second-order valence-corrected chi connectivity index (χ2v) is 8.68. The summed E-state index contributed by atoms with van der Waals surface area (Å²) >= 11 is 0. The van der Waals surface area contributed by atoms with Gasteiger partial charge in [0.1, 0.15) is 12.5 Å². The number of benzene rings is 2. The van der Waals surface area contributed by atoms with Crippen molar-refractivity contribution in [3.05, 3.63) is 59.7 Å². The molecule has 0 heterocycles. The predicted octanol–water partition coefficient (Wildman–Crippen LogP) is 3.78. The zero-order valence-corrected chi connectivity index (χ0v) is 18.6. The molecule has 0 radical (unpaired) electrons. The first-order valence-electron chi connectivity index (χ1n) is 11.2. The standard InChI is InChI=1S/C25H26F2N2O5/c1-2-14(11-21(30)31)29-23(32)22-20(25(22,26)27)12-28-24(33)34-13-19-17-9-5-3-7-15(17)16-8-4-6-10-18(16)19/h3-10,14,19-20,22H,2,11-13H2,1H3,(H,28,33)(H,29,32)(H,30,31)/t14-,20-,22-/m0/s1. The highest BCUT2D eigenvalue weighted by molar-refractivity contribution is 5.84. The van der Waals surface area contributed by atoms with Gasteiger partial charge in [-0.05, 0) is 28.7 Å². The summed E-state index contributed by atoms with van der Waals surface area (Å²) in [5.41, 5.74) is 4.22. The van der Waals surface area contributed by atoms with Crippen LogP contribution in [0.1, 0.15) is 36.8 Å². The van der Waals surface area contributed by atoms with Gasteiger partial charge in [0.05, 0.1) is 12.3 Å². The highest BCUT2D eigenvalue weighted by Gasteiger charge is 2.71. The van der Waals surface area contributed by atoms with Crippen LogP contribution in [0.4, 0.5) is 13.6 Å². The molecule has 9 heteroatoms. The van der Waals surface area contributed by atoms with Crippen LogP contribution in [0.2, 0.25) is 0 Å². The van der Waals surface area contributed by atoms with Crippen LogP contribution in [-0.2, 0) is 14.3 Å². The zero-order chi connectivity index (χ0) is 24.5. The van der Waals surface area contributed by atoms with E-state index < -0.39 is 48.3 Å². The van der Waals surface area contributed by atoms with E-state index in [1.54, 1.807) is 6.92 Å². The van der Waals surface area contributed by atoms with Gasteiger partial charge in [-0.25, -0.2) is 13.6 Å². The minimum Gasteiger partial charge on any atom is -0.481 e. The number of carboxylic acid groups (broad SMARTS) is 1. The number of alkyl halides is 2. The Labute approximate surface area is 195 Å². The Hall–Kier alpha value is -3.49. The molecule has 0 unspecified atom stereocenters. The van der Waals surface area contributed by atoms with Crippen LogP contribution < -0.4 is 10.6 Å². The lowest BCUT2D eigenvalue weighted by molar-refractivity contribution is -0.137. The van der Waals surface area contributed by atoms with Gasteiger partial charge in [-0.1, -0.05) is 55.5 Å². The molecule has 2 aromatic carbocycles. The molecule has 2 aliphatic carbocycles. The smallest absolute Gasteiger partial charge is 0.407 e. The summed E-state index contributed by atoms with van der Waals surface area (Å²) in [7, 11) is 0. The van der Waals surface area contributed by atoms with E-state index in [0.717, 1.165) is 22.3 Å². The van der Waals surface area contributed by atoms with Crippen LogP contribution in [-0.4, -0.2) is 48.2 Å². The Morgan fingerprint density at radius 1 is 1.06 bits per heavy atom. The van der Waals surface area contributed by atoms with Crippen molar-refractivity contribution >= 4 is 18.0 Å². The largest absolute Gasteiger partial charge is 0.481 e. The molecule has 3 N–H and O–H groups in total. The third kappa shape index (κ3) is 4.60. The molecule has 2 aromatic rings. The predicted molar refractivity (Wildman–Crippen MR) is 119 cm³/mol. The lowest BCUT2D eigenvalue weighted by Gasteiger charge is -2.15. The van der Waals surface area contributed by atoms with Gasteiger partial charge in [0.15, 0.2) is 0 Å². The van der Waals surface area contributed by atoms with Crippen molar-refractivity contribution in [2.24, 2.45) is 11.8 Å². The molecule has 4 rings (SSSR count). The highest BCUT2D eigenvalue weighted by atomic mass is 19.3. The Morgan fingerprint density at radius 3 is 2.21 bits per heavy atom. The fraction of sp³-hybridized carbons (Fsp3) is 0.400. The van der Waals surface area contributed by atoms with Crippen molar-refractivity contribution in [2.75, 3.05) is 13.2 Å². The first-order chi connectivity index (χ1) is 16.2. The molecular weight excluding hydrogens is 446 g/mol. The van der Waals surface area contributed by atoms with E-state index in [1.165, 1.54) is 0 Å². The Kier molecular flexibility index (Phi) is 6.54. The van der Waals surface area contributed by atoms with Gasteiger partial charge in [0.25, 0.3) is 5.92 Å². The summed E-state index contributed by atoms with van der Waals surface area (Å²) in [5.74, 6) is -8.43. The maximum absolute atomic E-state index is 14.2. The van der Waals surface area contributed by atoms with Gasteiger partial charge in [0.2, 0.25) is 5.91 Å². The van der Waals surface area contributed by atoms with Crippen LogP contribution >= 0.6 is 0 Å². The molecule has 0 bridgehead atoms. The number of halogens is 2. The molecule has 2 aliphatic rings. The Morgan fingerprint density at radius 2 is 1.65 bits per heavy atom. The summed E-state index contributed by atoms with van der Waals surface area (Å²) in [4.78, 5) is 35.3. The summed E-state index contributed by atoms with van der Waals surface area (Å²) < 4.78 is 33.7. The number of ether oxygens (including phenoxy) is 1. The van der Waals surface area contributed by atoms with Crippen molar-refractivity contribution in [1.29, 1.82) is 0 Å². The Bertz CT molecular complexity index is 1060. The van der Waals surface area contributed by atoms with E-state index in [4.69, 9.17) is 9.84 Å². The Balaban J connectivity index is 1.30. The monoisotopic (exact) mass is 472 g/mol. The van der Waals surface area contributed by atoms with E-state index in [-0.39, 0.29) is 18.9 Å². The number of nitrogens with one attached hydrogen (secondary N) is 2. The summed E-state index contributed by atoms with van der Waals surface area (Å²) in [6, 6.07) is 15.0. The highest BCUT2D eigenvalue weighted by Crippen LogP contribution is 2.55. The number of carboxylic acids is 1. The average molecular weight is 472 g/mol. The number of aliphatic carboxylic acids is 1. The van der Waals surface area contributed by atoms with Crippen molar-refractivity contribution in [2.45, 2.75) is 37.6 Å². The van der Waals surface area contributed by atoms with E-state index >= 15 is 0 Å². The first kappa shape index (κ1) is 23.7. The number of fused-ring (bicyclic) bond motifs is 3. The van der Waals surface area contributed by atoms with Gasteiger partial charge >= 0.3 is 12.1 Å². The van der Waals surface area contributed by atoms with Crippen molar-refractivity contribution in [3.8, 4) is 11.1 Å². The molecule has 0 saturated heterocycles. The number of alkyl carbamates (subject to hydrolysis) is 1. The topological polar surface area (TPSA) is 105 Å². The van der Waals surface area contributed by atoms with Gasteiger partial charge in [0, 0.05) is 18.5 Å². The van der Waals surface area contributed by atoms with Crippen molar-refractivity contribution < 1.29 is 33.0 Å². The van der Waals surface area contributed by atoms with Gasteiger partial charge in [-0.2, -0.15) is 0 Å². The SMILES string of the molecule is CC[C@@H](CC(=O)O)NC(=O)[C@@H]1[C@H](CNC(=O)OCC2c3ccccc3-c3ccccc32)C1(F)F. The molecule has 1 fully saturated rings. The third-order valence-corrected chi connectivity index (χ3v) is 6.55. The van der Waals surface area contributed by atoms with Crippen LogP contribution in [0.5, 0.6) is 0 Å². The van der Waals surface area contributed by atoms with Crippen LogP contribution in [0, 0.1) is 11.8 Å². The molecule has 180 valence electrons. The molecule has 1 saturated carbocycles. The number of carbonyl (C=O) groups is 3. The summed E-state index contributed by atoms with van der Waals surface area (Å²) in [6.07, 6.45) is -0.872. The summed E-state index contributed by atoms with van der Waals surface area (Å²) in [5, 5.41) is 13.6. The van der Waals surface area contributed by atoms with Gasteiger partial charge < -0.3 is 20.5 Å². The van der Waals surface area contributed by atoms with E-state index in [0.29, 0.717) is 6.42 Å². The lowest BCUT2D eigenvalue weighted by Crippen LogP contribution is -2.38. The molecule has 2 amide bonds. The van der Waals surface area contributed by atoms with Crippen LogP contribution in [0.15, 0.2) is 48.5 Å². The molecular formula is C25H26F2N2O5. The molecule has 34 heavy (non-hydrogen) atoms. The van der Waals surface area contributed by atoms with Gasteiger partial charge in [-0.15, -0.1) is 0 Å². The van der Waals surface area contributed by atoms with Crippen LogP contribution in [0.25, 0.3) is 11.1 Å². The first-order valence-corrected chi connectivity index (χ1v) is 11.2. The lowest BCUT2D eigenvalue weighted by atomic mass is 9.98. The molecule has 0 aliphatic heterocycles. The number of rotatable bonds is 9. The second-order valence-electron chi connectivity index (χ2n) is 8.68. The van der Waals surface area contributed by atoms with E-state index in [1.807, 2.05) is 48.5 Å². The molecule has 0 spiro atoms. The normalized spacial score (nSPS) is 20.6. The van der Waals surface area contributed by atoms with Crippen molar-refractivity contribution in [3.63, 3.8) is 0 Å². The van der Waals surface area contributed by atoms with Crippen LogP contribution in [0.3, 0.4) is 0 Å². The van der Waals surface area contributed by atoms with Gasteiger partial charge in [-0.3, -0.25) is 9.59 Å². The number of hydrogen-bond donors (Lipinski definition) is 3. The quantitative estimate of drug-likeness (QED) is 0.515. The number of hydrogen-bond acceptors (Lipinski definition) is 4. The van der Waals surface area contributed by atoms with Crippen molar-refractivity contribution in [1.82, 2.24) is 10.6 Å². The number of carbonyl (C=O) groups excluding carboxylic acids is 2. The minimum atomic E-state index is -3.28. The molecule has 0 aromatic heterocycles. The average Bonchev–Trinajstić information content (AvgIpc) is 3.22. The maximum atomic E-state index is 14.2.